The molecule has 0 spiro atoms. The van der Waals surface area contributed by atoms with Gasteiger partial charge in [-0.15, -0.1) is 0 Å². The quantitative estimate of drug-likeness (QED) is 0.130. The van der Waals surface area contributed by atoms with Crippen molar-refractivity contribution in [3.05, 3.63) is 181 Å². The Labute approximate surface area is 255 Å². The van der Waals surface area contributed by atoms with Crippen LogP contribution in [0.25, 0.3) is 0 Å². The van der Waals surface area contributed by atoms with Crippen LogP contribution >= 0.6 is 15.8 Å². The molecule has 0 saturated carbocycles. The molecule has 6 aromatic carbocycles. The first kappa shape index (κ1) is 27.5. The van der Waals surface area contributed by atoms with Gasteiger partial charge in [0.25, 0.3) is 0 Å². The first-order valence-electron chi connectivity index (χ1n) is 14.3. The van der Waals surface area contributed by atoms with E-state index in [0.29, 0.717) is 5.25 Å². The normalized spacial score (nSPS) is 16.5. The summed E-state index contributed by atoms with van der Waals surface area (Å²) in [6.45, 7) is 0. The van der Waals surface area contributed by atoms with E-state index >= 15 is 3.50 Å². The van der Waals surface area contributed by atoms with Crippen molar-refractivity contribution in [2.75, 3.05) is 0 Å². The van der Waals surface area contributed by atoms with E-state index < -0.39 is 35.8 Å². The second kappa shape index (κ2) is 12.1. The number of rotatable bonds is 7. The molecule has 0 fully saturated rings. The Balaban J connectivity index is 1.58. The van der Waals surface area contributed by atoms with Crippen molar-refractivity contribution in [2.24, 2.45) is 0 Å². The average molecular weight is 640 g/mol. The summed E-state index contributed by atoms with van der Waals surface area (Å²) < 4.78 is 17.6. The molecule has 0 aliphatic carbocycles. The zero-order valence-corrected chi connectivity index (χ0v) is 27.0. The predicted molar refractivity (Wildman–Crippen MR) is 183 cm³/mol. The first-order valence-corrected chi connectivity index (χ1v) is 20.3. The molecule has 0 aromatic heterocycles. The Hall–Kier alpha value is -3.35. The summed E-state index contributed by atoms with van der Waals surface area (Å²) in [5, 5.41) is 6.65. The molecule has 7 rings (SSSR count). The number of hydrogen-bond donors (Lipinski definition) is 0. The van der Waals surface area contributed by atoms with Crippen molar-refractivity contribution in [3.63, 3.8) is 0 Å². The van der Waals surface area contributed by atoms with Gasteiger partial charge in [-0.3, -0.25) is 0 Å². The van der Waals surface area contributed by atoms with E-state index in [1.54, 1.807) is 0 Å². The van der Waals surface area contributed by atoms with E-state index in [4.69, 9.17) is 0 Å². The zero-order valence-electron chi connectivity index (χ0n) is 23.1. The van der Waals surface area contributed by atoms with Crippen LogP contribution in [0, 0.1) is 0 Å². The molecule has 1 aliphatic heterocycles. The number of halogens is 1. The monoisotopic (exact) mass is 641 g/mol. The second-order valence-electron chi connectivity index (χ2n) is 10.5. The minimum absolute atomic E-state index is 0.473. The van der Waals surface area contributed by atoms with Gasteiger partial charge in [-0.05, 0) is 0 Å². The molecular formula is C38H30FGeP2. The van der Waals surface area contributed by atoms with Gasteiger partial charge in [0.05, 0.1) is 0 Å². The number of hydrogen-bond acceptors (Lipinski definition) is 0. The zero-order chi connectivity index (χ0) is 28.4. The Morgan fingerprint density at radius 1 is 0.452 bits per heavy atom. The summed E-state index contributed by atoms with van der Waals surface area (Å²) in [6, 6.07) is 61.0. The fourth-order valence-electron chi connectivity index (χ4n) is 6.40. The van der Waals surface area contributed by atoms with E-state index in [1.165, 1.54) is 37.6 Å². The van der Waals surface area contributed by atoms with Crippen molar-refractivity contribution in [3.8, 4) is 0 Å². The van der Waals surface area contributed by atoms with Crippen LogP contribution in [0.2, 0.25) is 5.25 Å². The van der Waals surface area contributed by atoms with Crippen molar-refractivity contribution < 1.29 is 3.50 Å². The maximum absolute atomic E-state index is 16.6. The van der Waals surface area contributed by atoms with Gasteiger partial charge in [-0.25, -0.2) is 0 Å². The molecular weight excluding hydrogens is 610 g/mol. The molecule has 1 radical (unpaired) electrons. The van der Waals surface area contributed by atoms with Gasteiger partial charge in [0.2, 0.25) is 0 Å². The molecule has 42 heavy (non-hydrogen) atoms. The Bertz CT molecular complexity index is 1700. The fraction of sp³-hybridized carbons (Fsp3) is 0.0526. The summed E-state index contributed by atoms with van der Waals surface area (Å²) in [4.78, 5) is 0. The van der Waals surface area contributed by atoms with E-state index in [0.717, 1.165) is 4.40 Å². The van der Waals surface area contributed by atoms with Crippen LogP contribution < -0.4 is 30.9 Å². The number of fused-ring (bicyclic) bond motifs is 1. The summed E-state index contributed by atoms with van der Waals surface area (Å²) >= 11 is -3.06. The fourth-order valence-corrected chi connectivity index (χ4v) is 18.1. The molecule has 1 heterocycles. The van der Waals surface area contributed by atoms with Gasteiger partial charge in [0, 0.05) is 0 Å². The minimum atomic E-state index is -3.06. The van der Waals surface area contributed by atoms with Gasteiger partial charge in [-0.1, -0.05) is 0 Å². The summed E-state index contributed by atoms with van der Waals surface area (Å²) in [5.74, 6) is 0. The van der Waals surface area contributed by atoms with E-state index in [1.807, 2.05) is 6.07 Å². The van der Waals surface area contributed by atoms with Crippen molar-refractivity contribution >= 4 is 61.6 Å². The van der Waals surface area contributed by atoms with Gasteiger partial charge in [0.1, 0.15) is 0 Å². The summed E-state index contributed by atoms with van der Waals surface area (Å²) in [7, 11) is -1.87. The Morgan fingerprint density at radius 2 is 0.857 bits per heavy atom. The Kier molecular flexibility index (Phi) is 7.92. The summed E-state index contributed by atoms with van der Waals surface area (Å²) in [6.07, 6.45) is 0. The average Bonchev–Trinajstić information content (AvgIpc) is 3.36. The van der Waals surface area contributed by atoms with Crippen molar-refractivity contribution in [1.82, 2.24) is 0 Å². The number of benzene rings is 6. The van der Waals surface area contributed by atoms with Gasteiger partial charge < -0.3 is 0 Å². The summed E-state index contributed by atoms with van der Waals surface area (Å²) in [5.41, 5.74) is 2.49. The van der Waals surface area contributed by atoms with Crippen LogP contribution in [0.3, 0.4) is 0 Å². The molecule has 0 N–H and O–H groups in total. The Morgan fingerprint density at radius 3 is 1.38 bits per heavy atom. The second-order valence-corrected chi connectivity index (χ2v) is 18.7. The standard InChI is InChI=1S/C38H30FGeP2/c39-40-29-38(34-25-13-15-27-36(34)40,42(32-21-9-3-10-22-32)33-23-11-4-12-24-33)35-26-14-16-28-37(35)41(30-17-5-1-6-18-30)31-19-7-2-8-20-31/h1-28H,29H2. The van der Waals surface area contributed by atoms with Crippen molar-refractivity contribution in [1.29, 1.82) is 0 Å². The molecule has 1 aliphatic rings. The third kappa shape index (κ3) is 4.89. The SMILES string of the molecule is [F][Ge]1[CH2]C(c2ccccc2P(c2ccccc2)c2ccccc2)(P(c2ccccc2)c2ccccc2)c2cccc[c]21. The van der Waals surface area contributed by atoms with E-state index in [9.17, 15) is 0 Å². The molecule has 1 atom stereocenters. The molecule has 0 saturated heterocycles. The van der Waals surface area contributed by atoms with Crippen LogP contribution in [0.4, 0.5) is 3.50 Å². The predicted octanol–water partition coefficient (Wildman–Crippen LogP) is 7.00. The van der Waals surface area contributed by atoms with E-state index in [2.05, 4.69) is 164 Å². The first-order chi connectivity index (χ1) is 20.8. The maximum atomic E-state index is 16.6. The van der Waals surface area contributed by atoms with Crippen LogP contribution in [0.1, 0.15) is 11.1 Å². The van der Waals surface area contributed by atoms with E-state index in [-0.39, 0.29) is 0 Å². The molecule has 4 heteroatoms. The molecule has 0 bridgehead atoms. The third-order valence-corrected chi connectivity index (χ3v) is 18.2. The molecule has 203 valence electrons. The van der Waals surface area contributed by atoms with Gasteiger partial charge in [0.15, 0.2) is 0 Å². The molecule has 0 nitrogen and oxygen atoms in total. The van der Waals surface area contributed by atoms with Crippen molar-refractivity contribution in [2.45, 2.75) is 10.4 Å². The van der Waals surface area contributed by atoms with Gasteiger partial charge >= 0.3 is 256 Å². The van der Waals surface area contributed by atoms with Gasteiger partial charge in [-0.2, -0.15) is 0 Å². The van der Waals surface area contributed by atoms with Crippen LogP contribution in [0.15, 0.2) is 170 Å². The van der Waals surface area contributed by atoms with Crippen LogP contribution in [-0.4, -0.2) is 14.8 Å². The molecule has 0 amide bonds. The molecule has 1 unspecified atom stereocenters. The third-order valence-electron chi connectivity index (χ3n) is 8.11. The van der Waals surface area contributed by atoms with Crippen LogP contribution in [0.5, 0.6) is 0 Å². The topological polar surface area (TPSA) is 0 Å². The van der Waals surface area contributed by atoms with Crippen LogP contribution in [-0.2, 0) is 5.16 Å². The molecule has 6 aromatic rings.